The highest BCUT2D eigenvalue weighted by molar-refractivity contribution is 4.97. The van der Waals surface area contributed by atoms with Gasteiger partial charge >= 0.3 is 6.18 Å². The van der Waals surface area contributed by atoms with Gasteiger partial charge in [0.2, 0.25) is 0 Å². The molecular formula is C10H14F3N3O2. The quantitative estimate of drug-likeness (QED) is 0.896. The maximum absolute atomic E-state index is 11.9. The van der Waals surface area contributed by atoms with E-state index >= 15 is 0 Å². The average molecular weight is 265 g/mol. The van der Waals surface area contributed by atoms with Crippen molar-refractivity contribution in [3.8, 4) is 0 Å². The molecule has 1 aromatic rings. The number of nitrogens with one attached hydrogen (secondary N) is 1. The topological polar surface area (TPSA) is 60.2 Å². The zero-order chi connectivity index (χ0) is 13.0. The van der Waals surface area contributed by atoms with Gasteiger partial charge in [0.25, 0.3) is 5.89 Å². The van der Waals surface area contributed by atoms with Gasteiger partial charge in [0.05, 0.1) is 0 Å². The Morgan fingerprint density at radius 1 is 1.44 bits per heavy atom. The van der Waals surface area contributed by atoms with Crippen molar-refractivity contribution in [3.05, 3.63) is 11.7 Å². The van der Waals surface area contributed by atoms with Gasteiger partial charge in [0.1, 0.15) is 13.2 Å². The summed E-state index contributed by atoms with van der Waals surface area (Å²) in [6.45, 7) is 0.112. The van der Waals surface area contributed by atoms with Gasteiger partial charge in [-0.2, -0.15) is 18.2 Å². The van der Waals surface area contributed by atoms with Crippen molar-refractivity contribution >= 4 is 0 Å². The smallest absolute Gasteiger partial charge is 0.362 e. The van der Waals surface area contributed by atoms with Crippen LogP contribution >= 0.6 is 0 Å². The van der Waals surface area contributed by atoms with E-state index in [0.29, 0.717) is 5.82 Å². The second-order valence-corrected chi connectivity index (χ2v) is 4.20. The highest BCUT2D eigenvalue weighted by atomic mass is 19.4. The fourth-order valence-electron chi connectivity index (χ4n) is 1.82. The number of piperidine rings is 1. The van der Waals surface area contributed by atoms with Crippen molar-refractivity contribution in [2.24, 2.45) is 0 Å². The number of halogens is 3. The lowest BCUT2D eigenvalue weighted by Gasteiger charge is -2.19. The molecule has 1 fully saturated rings. The summed E-state index contributed by atoms with van der Waals surface area (Å²) in [5.41, 5.74) is 0. The molecule has 0 saturated carbocycles. The zero-order valence-electron chi connectivity index (χ0n) is 9.66. The summed E-state index contributed by atoms with van der Waals surface area (Å²) in [6, 6.07) is 0. The lowest BCUT2D eigenvalue weighted by molar-refractivity contribution is -0.178. The Balaban J connectivity index is 1.82. The van der Waals surface area contributed by atoms with Crippen LogP contribution in [0.5, 0.6) is 0 Å². The normalized spacial score (nSPS) is 21.2. The molecule has 1 N–H and O–H groups in total. The molecule has 1 aliphatic heterocycles. The summed E-state index contributed by atoms with van der Waals surface area (Å²) < 4.78 is 44.9. The summed E-state index contributed by atoms with van der Waals surface area (Å²) in [7, 11) is 0. The minimum absolute atomic E-state index is 0.0832. The van der Waals surface area contributed by atoms with E-state index in [1.54, 1.807) is 0 Å². The van der Waals surface area contributed by atoms with Crippen molar-refractivity contribution < 1.29 is 22.4 Å². The third kappa shape index (κ3) is 3.95. The number of ether oxygens (including phenoxy) is 1. The molecule has 1 atom stereocenters. The largest absolute Gasteiger partial charge is 0.411 e. The van der Waals surface area contributed by atoms with E-state index in [4.69, 9.17) is 4.52 Å². The summed E-state index contributed by atoms with van der Waals surface area (Å²) >= 11 is 0. The van der Waals surface area contributed by atoms with Gasteiger partial charge in [-0.05, 0) is 19.4 Å². The van der Waals surface area contributed by atoms with Crippen molar-refractivity contribution in [2.45, 2.75) is 31.5 Å². The van der Waals surface area contributed by atoms with Crippen molar-refractivity contribution in [2.75, 3.05) is 19.7 Å². The molecule has 5 nitrogen and oxygen atoms in total. The number of hydrogen-bond donors (Lipinski definition) is 1. The van der Waals surface area contributed by atoms with E-state index in [1.807, 2.05) is 0 Å². The molecule has 0 bridgehead atoms. The highest BCUT2D eigenvalue weighted by Gasteiger charge is 2.28. The summed E-state index contributed by atoms with van der Waals surface area (Å²) in [5, 5.41) is 6.97. The number of nitrogens with zero attached hydrogens (tertiary/aromatic N) is 2. The van der Waals surface area contributed by atoms with E-state index in [0.717, 1.165) is 25.9 Å². The Hall–Kier alpha value is -1.15. The van der Waals surface area contributed by atoms with Crippen LogP contribution in [0.4, 0.5) is 13.2 Å². The van der Waals surface area contributed by atoms with Crippen LogP contribution in [0.15, 0.2) is 4.52 Å². The van der Waals surface area contributed by atoms with Crippen LogP contribution in [0.25, 0.3) is 0 Å². The first-order valence-corrected chi connectivity index (χ1v) is 5.72. The minimum atomic E-state index is -4.34. The molecule has 0 aromatic carbocycles. The second-order valence-electron chi connectivity index (χ2n) is 4.20. The van der Waals surface area contributed by atoms with Crippen LogP contribution in [0.2, 0.25) is 0 Å². The Bertz CT molecular complexity index is 375. The van der Waals surface area contributed by atoms with Crippen LogP contribution in [0, 0.1) is 0 Å². The van der Waals surface area contributed by atoms with Gasteiger partial charge in [0, 0.05) is 12.5 Å². The third-order valence-corrected chi connectivity index (χ3v) is 2.64. The third-order valence-electron chi connectivity index (χ3n) is 2.64. The molecule has 1 saturated heterocycles. The first-order chi connectivity index (χ1) is 8.54. The SMILES string of the molecule is FC(F)(F)COCc1nc(C2CCCNC2)no1. The van der Waals surface area contributed by atoms with Gasteiger partial charge in [-0.1, -0.05) is 5.16 Å². The van der Waals surface area contributed by atoms with Gasteiger partial charge in [-0.25, -0.2) is 0 Å². The average Bonchev–Trinajstić information content (AvgIpc) is 2.77. The zero-order valence-corrected chi connectivity index (χ0v) is 9.66. The Labute approximate surface area is 102 Å². The van der Waals surface area contributed by atoms with E-state index in [2.05, 4.69) is 20.2 Å². The first-order valence-electron chi connectivity index (χ1n) is 5.72. The van der Waals surface area contributed by atoms with E-state index in [1.165, 1.54) is 0 Å². The first kappa shape index (κ1) is 13.3. The van der Waals surface area contributed by atoms with Gasteiger partial charge < -0.3 is 14.6 Å². The van der Waals surface area contributed by atoms with Crippen LogP contribution < -0.4 is 5.32 Å². The van der Waals surface area contributed by atoms with Gasteiger partial charge in [-0.15, -0.1) is 0 Å². The van der Waals surface area contributed by atoms with Crippen LogP contribution in [-0.2, 0) is 11.3 Å². The van der Waals surface area contributed by atoms with E-state index in [9.17, 15) is 13.2 Å². The Kier molecular flexibility index (Phi) is 4.18. The second kappa shape index (κ2) is 5.66. The molecule has 2 rings (SSSR count). The predicted molar refractivity (Wildman–Crippen MR) is 54.9 cm³/mol. The van der Waals surface area contributed by atoms with Crippen LogP contribution in [0.1, 0.15) is 30.5 Å². The highest BCUT2D eigenvalue weighted by Crippen LogP contribution is 2.21. The molecular weight excluding hydrogens is 251 g/mol. The summed E-state index contributed by atoms with van der Waals surface area (Å²) in [6.07, 6.45) is -2.36. The molecule has 1 aromatic heterocycles. The molecule has 18 heavy (non-hydrogen) atoms. The standard InChI is InChI=1S/C10H14F3N3O2/c11-10(12,13)6-17-5-8-15-9(16-18-8)7-2-1-3-14-4-7/h7,14H,1-6H2. The fourth-order valence-corrected chi connectivity index (χ4v) is 1.82. The lowest BCUT2D eigenvalue weighted by atomic mass is 9.99. The van der Waals surface area contributed by atoms with Crippen molar-refractivity contribution in [3.63, 3.8) is 0 Å². The number of aromatic nitrogens is 2. The Morgan fingerprint density at radius 3 is 2.94 bits per heavy atom. The number of hydrogen-bond acceptors (Lipinski definition) is 5. The summed E-state index contributed by atoms with van der Waals surface area (Å²) in [5.74, 6) is 0.784. The summed E-state index contributed by atoms with van der Waals surface area (Å²) in [4.78, 5) is 4.04. The maximum atomic E-state index is 11.9. The van der Waals surface area contributed by atoms with E-state index < -0.39 is 12.8 Å². The fraction of sp³-hybridized carbons (Fsp3) is 0.800. The molecule has 0 amide bonds. The molecule has 0 aliphatic carbocycles. The maximum Gasteiger partial charge on any atom is 0.411 e. The van der Waals surface area contributed by atoms with Gasteiger partial charge in [0.15, 0.2) is 5.82 Å². The van der Waals surface area contributed by atoms with E-state index in [-0.39, 0.29) is 18.4 Å². The number of rotatable bonds is 4. The van der Waals surface area contributed by atoms with Crippen LogP contribution in [0.3, 0.4) is 0 Å². The molecule has 1 aliphatic rings. The van der Waals surface area contributed by atoms with Crippen molar-refractivity contribution in [1.29, 1.82) is 0 Å². The number of alkyl halides is 3. The van der Waals surface area contributed by atoms with Crippen molar-refractivity contribution in [1.82, 2.24) is 15.5 Å². The molecule has 0 radical (unpaired) electrons. The lowest BCUT2D eigenvalue weighted by Crippen LogP contribution is -2.28. The Morgan fingerprint density at radius 2 is 2.28 bits per heavy atom. The molecule has 2 heterocycles. The van der Waals surface area contributed by atoms with Gasteiger partial charge in [-0.3, -0.25) is 0 Å². The molecule has 102 valence electrons. The molecule has 8 heteroatoms. The van der Waals surface area contributed by atoms with Crippen LogP contribution in [-0.4, -0.2) is 36.0 Å². The monoisotopic (exact) mass is 265 g/mol. The molecule has 0 spiro atoms. The predicted octanol–water partition coefficient (Wildman–Crippen LogP) is 1.62. The molecule has 1 unspecified atom stereocenters. The minimum Gasteiger partial charge on any atom is -0.362 e.